The second-order valence-electron chi connectivity index (χ2n) is 4.17. The molecule has 0 aliphatic heterocycles. The van der Waals surface area contributed by atoms with Crippen molar-refractivity contribution in [2.75, 3.05) is 16.8 Å². The van der Waals surface area contributed by atoms with Crippen LogP contribution in [-0.4, -0.2) is 0 Å². The summed E-state index contributed by atoms with van der Waals surface area (Å²) in [5.41, 5.74) is 13.5. The molecule has 0 aliphatic rings. The summed E-state index contributed by atoms with van der Waals surface area (Å²) in [6.45, 7) is 1.96. The van der Waals surface area contributed by atoms with E-state index >= 15 is 0 Å². The minimum absolute atomic E-state index is 0.115. The minimum Gasteiger partial charge on any atom is -0.397 e. The Kier molecular flexibility index (Phi) is 3.87. The average Bonchev–Trinajstić information content (AvgIpc) is 2.34. The van der Waals surface area contributed by atoms with Gasteiger partial charge in [-0.2, -0.15) is 0 Å². The van der Waals surface area contributed by atoms with Crippen molar-refractivity contribution in [2.45, 2.75) is 6.92 Å². The van der Waals surface area contributed by atoms with Crippen LogP contribution in [0.5, 0.6) is 0 Å². The van der Waals surface area contributed by atoms with Crippen LogP contribution in [-0.2, 0) is 0 Å². The summed E-state index contributed by atoms with van der Waals surface area (Å²) in [4.78, 5) is 0. The number of anilines is 4. The lowest BCUT2D eigenvalue weighted by molar-refractivity contribution is 0.633. The van der Waals surface area contributed by atoms with Gasteiger partial charge in [0, 0.05) is 4.47 Å². The van der Waals surface area contributed by atoms with E-state index in [-0.39, 0.29) is 22.1 Å². The highest BCUT2D eigenvalue weighted by molar-refractivity contribution is 9.10. The summed E-state index contributed by atoms with van der Waals surface area (Å²) in [5.74, 6) is -0.661. The molecule has 5 N–H and O–H groups in total. The molecule has 0 radical (unpaired) electrons. The van der Waals surface area contributed by atoms with Crippen molar-refractivity contribution in [1.29, 1.82) is 0 Å². The molecule has 3 nitrogen and oxygen atoms in total. The van der Waals surface area contributed by atoms with Crippen molar-refractivity contribution in [1.82, 2.24) is 0 Å². The predicted octanol–water partition coefficient (Wildman–Crippen LogP) is 4.46. The molecule has 2 aromatic rings. The maximum absolute atomic E-state index is 14.1. The Morgan fingerprint density at radius 1 is 1.21 bits per heavy atom. The quantitative estimate of drug-likeness (QED) is 0.705. The second kappa shape index (κ2) is 5.27. The zero-order valence-corrected chi connectivity index (χ0v) is 12.4. The molecule has 0 atom stereocenters. The first-order chi connectivity index (χ1) is 8.90. The van der Waals surface area contributed by atoms with Crippen LogP contribution in [0.4, 0.5) is 27.1 Å². The van der Waals surface area contributed by atoms with Gasteiger partial charge in [0.1, 0.15) is 5.02 Å². The van der Waals surface area contributed by atoms with Gasteiger partial charge < -0.3 is 16.8 Å². The van der Waals surface area contributed by atoms with Gasteiger partial charge in [0.25, 0.3) is 0 Å². The van der Waals surface area contributed by atoms with Gasteiger partial charge in [-0.3, -0.25) is 0 Å². The number of nitrogens with two attached hydrogens (primary N) is 2. The fourth-order valence-corrected chi connectivity index (χ4v) is 2.39. The summed E-state index contributed by atoms with van der Waals surface area (Å²) < 4.78 is 14.9. The standard InChI is InChI=1S/C13H12BrClFN3/c1-6-2-3-10(7(14)4-6)19-13-9(18)5-8(17)11(15)12(13)16/h2-5,19H,17-18H2,1H3. The molecular weight excluding hydrogens is 333 g/mol. The molecule has 0 saturated carbocycles. The third kappa shape index (κ3) is 2.77. The number of rotatable bonds is 2. The van der Waals surface area contributed by atoms with Crippen LogP contribution >= 0.6 is 27.5 Å². The Hall–Kier alpha value is -1.46. The highest BCUT2D eigenvalue weighted by atomic mass is 79.9. The Labute approximate surface area is 123 Å². The Balaban J connectivity index is 2.47. The third-order valence-corrected chi connectivity index (χ3v) is 3.69. The van der Waals surface area contributed by atoms with Crippen molar-refractivity contribution in [3.8, 4) is 0 Å². The molecule has 6 heteroatoms. The SMILES string of the molecule is Cc1ccc(Nc2c(N)cc(N)c(Cl)c2F)c(Br)c1. The minimum atomic E-state index is -0.661. The molecule has 0 unspecified atom stereocenters. The van der Waals surface area contributed by atoms with Gasteiger partial charge in [0.15, 0.2) is 5.82 Å². The van der Waals surface area contributed by atoms with Crippen molar-refractivity contribution in [2.24, 2.45) is 0 Å². The van der Waals surface area contributed by atoms with Crippen molar-refractivity contribution < 1.29 is 4.39 Å². The molecule has 0 spiro atoms. The smallest absolute Gasteiger partial charge is 0.169 e. The zero-order chi connectivity index (χ0) is 14.2. The maximum Gasteiger partial charge on any atom is 0.169 e. The fraction of sp³-hybridized carbons (Fsp3) is 0.0769. The number of halogens is 3. The van der Waals surface area contributed by atoms with E-state index in [2.05, 4.69) is 21.2 Å². The van der Waals surface area contributed by atoms with Crippen LogP contribution in [0.2, 0.25) is 5.02 Å². The predicted molar refractivity (Wildman–Crippen MR) is 82.4 cm³/mol. The lowest BCUT2D eigenvalue weighted by atomic mass is 10.2. The summed E-state index contributed by atoms with van der Waals surface area (Å²) >= 11 is 9.18. The molecule has 100 valence electrons. The molecule has 0 heterocycles. The summed E-state index contributed by atoms with van der Waals surface area (Å²) in [7, 11) is 0. The van der Waals surface area contributed by atoms with E-state index in [1.165, 1.54) is 6.07 Å². The van der Waals surface area contributed by atoms with E-state index in [1.54, 1.807) is 0 Å². The largest absolute Gasteiger partial charge is 0.397 e. The number of hydrogen-bond donors (Lipinski definition) is 3. The van der Waals surface area contributed by atoms with E-state index in [9.17, 15) is 4.39 Å². The van der Waals surface area contributed by atoms with E-state index in [4.69, 9.17) is 23.1 Å². The lowest BCUT2D eigenvalue weighted by Gasteiger charge is -2.14. The third-order valence-electron chi connectivity index (χ3n) is 2.65. The van der Waals surface area contributed by atoms with Crippen LogP contribution in [0.15, 0.2) is 28.7 Å². The van der Waals surface area contributed by atoms with Crippen LogP contribution in [0.25, 0.3) is 0 Å². The summed E-state index contributed by atoms with van der Waals surface area (Å²) in [5, 5.41) is 2.78. The first kappa shape index (κ1) is 14.0. The van der Waals surface area contributed by atoms with Crippen molar-refractivity contribution in [3.05, 3.63) is 45.1 Å². The highest BCUT2D eigenvalue weighted by Gasteiger charge is 2.15. The number of benzene rings is 2. The first-order valence-electron chi connectivity index (χ1n) is 5.46. The van der Waals surface area contributed by atoms with Gasteiger partial charge in [-0.05, 0) is 46.6 Å². The van der Waals surface area contributed by atoms with Gasteiger partial charge in [0.05, 0.1) is 22.7 Å². The van der Waals surface area contributed by atoms with Gasteiger partial charge in [-0.15, -0.1) is 0 Å². The van der Waals surface area contributed by atoms with E-state index < -0.39 is 5.82 Å². The Morgan fingerprint density at radius 3 is 2.53 bits per heavy atom. The topological polar surface area (TPSA) is 64.1 Å². The molecule has 0 aliphatic carbocycles. The van der Waals surface area contributed by atoms with Gasteiger partial charge in [0.2, 0.25) is 0 Å². The number of aryl methyl sites for hydroxylation is 1. The van der Waals surface area contributed by atoms with Crippen LogP contribution in [0.3, 0.4) is 0 Å². The zero-order valence-electron chi connectivity index (χ0n) is 10.1. The first-order valence-corrected chi connectivity index (χ1v) is 6.63. The van der Waals surface area contributed by atoms with Crippen molar-refractivity contribution >= 4 is 50.3 Å². The Bertz CT molecular complexity index is 646. The van der Waals surface area contributed by atoms with E-state index in [0.29, 0.717) is 5.69 Å². The molecule has 0 amide bonds. The molecule has 0 saturated heterocycles. The van der Waals surface area contributed by atoms with E-state index in [1.807, 2.05) is 25.1 Å². The average molecular weight is 345 g/mol. The molecule has 19 heavy (non-hydrogen) atoms. The summed E-state index contributed by atoms with van der Waals surface area (Å²) in [6, 6.07) is 7.06. The highest BCUT2D eigenvalue weighted by Crippen LogP contribution is 2.37. The van der Waals surface area contributed by atoms with E-state index in [0.717, 1.165) is 10.0 Å². The Morgan fingerprint density at radius 2 is 1.89 bits per heavy atom. The number of nitrogen functional groups attached to an aromatic ring is 2. The second-order valence-corrected chi connectivity index (χ2v) is 5.40. The van der Waals surface area contributed by atoms with Crippen molar-refractivity contribution in [3.63, 3.8) is 0 Å². The molecule has 2 aromatic carbocycles. The van der Waals surface area contributed by atoms with Gasteiger partial charge >= 0.3 is 0 Å². The monoisotopic (exact) mass is 343 g/mol. The van der Waals surface area contributed by atoms with Crippen LogP contribution in [0.1, 0.15) is 5.56 Å². The molecule has 2 rings (SSSR count). The summed E-state index contributed by atoms with van der Waals surface area (Å²) in [6.07, 6.45) is 0. The maximum atomic E-state index is 14.1. The molecular formula is C13H12BrClFN3. The number of hydrogen-bond acceptors (Lipinski definition) is 3. The molecule has 0 bridgehead atoms. The normalized spacial score (nSPS) is 10.5. The van der Waals surface area contributed by atoms with Crippen LogP contribution in [0, 0.1) is 12.7 Å². The van der Waals surface area contributed by atoms with Gasteiger partial charge in [-0.25, -0.2) is 4.39 Å². The van der Waals surface area contributed by atoms with Gasteiger partial charge in [-0.1, -0.05) is 17.7 Å². The fourth-order valence-electron chi connectivity index (χ4n) is 1.65. The lowest BCUT2D eigenvalue weighted by Crippen LogP contribution is -2.03. The number of nitrogens with one attached hydrogen (secondary N) is 1. The van der Waals surface area contributed by atoms with Crippen LogP contribution < -0.4 is 16.8 Å². The molecule has 0 fully saturated rings. The molecule has 0 aromatic heterocycles.